The van der Waals surface area contributed by atoms with Crippen LogP contribution in [0.4, 0.5) is 0 Å². The van der Waals surface area contributed by atoms with E-state index in [1.165, 1.54) is 16.1 Å². The van der Waals surface area contributed by atoms with Crippen LogP contribution < -0.4 is 0 Å². The molecule has 0 aliphatic heterocycles. The molecular weight excluding hydrogens is 470 g/mol. The Balaban J connectivity index is 1.99. The van der Waals surface area contributed by atoms with Crippen molar-refractivity contribution in [3.63, 3.8) is 0 Å². The van der Waals surface area contributed by atoms with Gasteiger partial charge in [-0.25, -0.2) is 8.42 Å². The Morgan fingerprint density at radius 1 is 1.15 bits per heavy atom. The fraction of sp³-hybridized carbons (Fsp3) is 0.375. The van der Waals surface area contributed by atoms with E-state index in [1.54, 1.807) is 31.4 Å². The lowest BCUT2D eigenvalue weighted by Gasteiger charge is -2.20. The van der Waals surface area contributed by atoms with Crippen molar-refractivity contribution in [2.75, 3.05) is 26.8 Å². The third kappa shape index (κ3) is 5.67. The number of methoxy groups -OCH3 is 1. The zero-order chi connectivity index (χ0) is 24.7. The summed E-state index contributed by atoms with van der Waals surface area (Å²) < 4.78 is 34.9. The highest BCUT2D eigenvalue weighted by Crippen LogP contribution is 2.31. The van der Waals surface area contributed by atoms with E-state index in [0.29, 0.717) is 47.6 Å². The van der Waals surface area contributed by atoms with E-state index in [-0.39, 0.29) is 10.9 Å². The molecule has 3 aromatic rings. The molecule has 180 valence electrons. The summed E-state index contributed by atoms with van der Waals surface area (Å²) in [6, 6.07) is 16.4. The summed E-state index contributed by atoms with van der Waals surface area (Å²) >= 11 is 1.51. The number of aromatic nitrogens is 3. The van der Waals surface area contributed by atoms with Gasteiger partial charge in [0.2, 0.25) is 10.0 Å². The van der Waals surface area contributed by atoms with Crippen LogP contribution in [0.15, 0.2) is 58.6 Å². The van der Waals surface area contributed by atoms with Gasteiger partial charge < -0.3 is 4.74 Å². The van der Waals surface area contributed by atoms with E-state index in [0.717, 1.165) is 5.56 Å². The molecule has 34 heavy (non-hydrogen) atoms. The van der Waals surface area contributed by atoms with Crippen molar-refractivity contribution in [1.82, 2.24) is 19.1 Å². The molecule has 0 fully saturated rings. The van der Waals surface area contributed by atoms with Crippen molar-refractivity contribution in [3.8, 4) is 17.5 Å². The van der Waals surface area contributed by atoms with E-state index in [4.69, 9.17) is 10.00 Å². The first-order valence-corrected chi connectivity index (χ1v) is 13.4. The van der Waals surface area contributed by atoms with Gasteiger partial charge in [-0.15, -0.1) is 10.2 Å². The van der Waals surface area contributed by atoms with E-state index in [9.17, 15) is 8.42 Å². The molecule has 0 saturated carbocycles. The minimum Gasteiger partial charge on any atom is -0.383 e. The van der Waals surface area contributed by atoms with Gasteiger partial charge in [0.1, 0.15) is 0 Å². The zero-order valence-corrected chi connectivity index (χ0v) is 21.4. The molecule has 1 heterocycles. The summed E-state index contributed by atoms with van der Waals surface area (Å²) in [5.41, 5.74) is 2.29. The number of nitrogens with zero attached hydrogens (tertiary/aromatic N) is 5. The van der Waals surface area contributed by atoms with Gasteiger partial charge in [-0.2, -0.15) is 9.57 Å². The lowest BCUT2D eigenvalue weighted by molar-refractivity contribution is 0.159. The second-order valence-corrected chi connectivity index (χ2v) is 10.6. The number of sulfonamides is 1. The molecule has 1 unspecified atom stereocenters. The average Bonchev–Trinajstić information content (AvgIpc) is 3.28. The van der Waals surface area contributed by atoms with Gasteiger partial charge in [-0.1, -0.05) is 49.9 Å². The van der Waals surface area contributed by atoms with Crippen LogP contribution in [0.3, 0.4) is 0 Å². The maximum atomic E-state index is 13.1. The molecule has 0 aliphatic carbocycles. The second-order valence-electron chi connectivity index (χ2n) is 7.70. The Labute approximate surface area is 205 Å². The van der Waals surface area contributed by atoms with Crippen molar-refractivity contribution in [3.05, 3.63) is 59.7 Å². The van der Waals surface area contributed by atoms with Crippen molar-refractivity contribution in [2.45, 2.75) is 42.6 Å². The summed E-state index contributed by atoms with van der Waals surface area (Å²) in [6.07, 6.45) is 0. The number of ether oxygens (including phenoxy) is 1. The fourth-order valence-corrected chi connectivity index (χ4v) is 6.16. The van der Waals surface area contributed by atoms with Crippen molar-refractivity contribution in [2.24, 2.45) is 0 Å². The number of thioether (sulfide) groups is 1. The SMILES string of the molecule is CCN(CC)S(=O)(=O)c1cccc(-c2nnc(SCc3cccc(C#N)c3)n2C(C)COC)c1. The van der Waals surface area contributed by atoms with Gasteiger partial charge in [0.25, 0.3) is 0 Å². The number of nitriles is 1. The molecule has 0 amide bonds. The number of rotatable bonds is 11. The van der Waals surface area contributed by atoms with Gasteiger partial charge in [-0.05, 0) is 36.8 Å². The maximum absolute atomic E-state index is 13.1. The van der Waals surface area contributed by atoms with Crippen LogP contribution in [0.2, 0.25) is 0 Å². The molecule has 0 N–H and O–H groups in total. The molecule has 0 radical (unpaired) electrons. The van der Waals surface area contributed by atoms with Crippen LogP contribution >= 0.6 is 11.8 Å². The van der Waals surface area contributed by atoms with Gasteiger partial charge in [-0.3, -0.25) is 4.57 Å². The Morgan fingerprint density at radius 2 is 1.88 bits per heavy atom. The molecule has 1 atom stereocenters. The molecule has 10 heteroatoms. The second kappa shape index (κ2) is 11.6. The third-order valence-electron chi connectivity index (χ3n) is 5.37. The third-order valence-corrected chi connectivity index (χ3v) is 8.43. The zero-order valence-electron chi connectivity index (χ0n) is 19.8. The predicted molar refractivity (Wildman–Crippen MR) is 133 cm³/mol. The molecule has 0 aliphatic rings. The smallest absolute Gasteiger partial charge is 0.243 e. The minimum absolute atomic E-state index is 0.0778. The van der Waals surface area contributed by atoms with Gasteiger partial charge >= 0.3 is 0 Å². The van der Waals surface area contributed by atoms with E-state index in [2.05, 4.69) is 16.3 Å². The summed E-state index contributed by atoms with van der Waals surface area (Å²) in [6.45, 7) is 6.90. The molecule has 3 rings (SSSR count). The number of benzene rings is 2. The fourth-order valence-electron chi connectivity index (χ4n) is 3.67. The van der Waals surface area contributed by atoms with Crippen LogP contribution in [0.5, 0.6) is 0 Å². The number of hydrogen-bond acceptors (Lipinski definition) is 7. The predicted octanol–water partition coefficient (Wildman–Crippen LogP) is 4.35. The van der Waals surface area contributed by atoms with Crippen LogP contribution in [0, 0.1) is 11.3 Å². The molecule has 1 aromatic heterocycles. The van der Waals surface area contributed by atoms with E-state index in [1.807, 2.05) is 49.6 Å². The highest BCUT2D eigenvalue weighted by Gasteiger charge is 2.24. The largest absolute Gasteiger partial charge is 0.383 e. The van der Waals surface area contributed by atoms with Crippen molar-refractivity contribution in [1.29, 1.82) is 5.26 Å². The van der Waals surface area contributed by atoms with Crippen LogP contribution in [-0.4, -0.2) is 54.3 Å². The number of hydrogen-bond donors (Lipinski definition) is 0. The van der Waals surface area contributed by atoms with Gasteiger partial charge in [0, 0.05) is 31.5 Å². The first-order valence-electron chi connectivity index (χ1n) is 11.0. The van der Waals surface area contributed by atoms with E-state index < -0.39 is 10.0 Å². The monoisotopic (exact) mass is 499 g/mol. The lowest BCUT2D eigenvalue weighted by Crippen LogP contribution is -2.30. The van der Waals surface area contributed by atoms with Gasteiger partial charge in [0.15, 0.2) is 11.0 Å². The van der Waals surface area contributed by atoms with E-state index >= 15 is 0 Å². The van der Waals surface area contributed by atoms with Gasteiger partial charge in [0.05, 0.1) is 29.2 Å². The Kier molecular flexibility index (Phi) is 8.85. The molecule has 2 aromatic carbocycles. The summed E-state index contributed by atoms with van der Waals surface area (Å²) in [5.74, 6) is 1.19. The van der Waals surface area contributed by atoms with Crippen molar-refractivity contribution < 1.29 is 13.2 Å². The molecule has 0 spiro atoms. The minimum atomic E-state index is -3.60. The summed E-state index contributed by atoms with van der Waals surface area (Å²) in [5, 5.41) is 18.7. The summed E-state index contributed by atoms with van der Waals surface area (Å²) in [4.78, 5) is 0.227. The standard InChI is InChI=1S/C24H29N5O3S2/c1-5-28(6-2)34(30,31)22-12-8-11-21(14-22)23-26-27-24(29(23)18(3)16-32-4)33-17-20-10-7-9-19(13-20)15-25/h7-14,18H,5-6,16-17H2,1-4H3. The lowest BCUT2D eigenvalue weighted by atomic mass is 10.2. The highest BCUT2D eigenvalue weighted by atomic mass is 32.2. The summed E-state index contributed by atoms with van der Waals surface area (Å²) in [7, 11) is -1.96. The molecule has 8 nitrogen and oxygen atoms in total. The first-order chi connectivity index (χ1) is 16.3. The van der Waals surface area contributed by atoms with Crippen LogP contribution in [0.1, 0.15) is 37.9 Å². The normalized spacial score (nSPS) is 12.6. The maximum Gasteiger partial charge on any atom is 0.243 e. The Morgan fingerprint density at radius 3 is 2.56 bits per heavy atom. The first kappa shape index (κ1) is 25.9. The molecule has 0 saturated heterocycles. The Hall–Kier alpha value is -2.71. The quantitative estimate of drug-likeness (QED) is 0.362. The topological polar surface area (TPSA) is 101 Å². The average molecular weight is 500 g/mol. The van der Waals surface area contributed by atoms with Crippen molar-refractivity contribution >= 4 is 21.8 Å². The van der Waals surface area contributed by atoms with Crippen LogP contribution in [0.25, 0.3) is 11.4 Å². The highest BCUT2D eigenvalue weighted by molar-refractivity contribution is 7.98. The molecule has 0 bridgehead atoms. The van der Waals surface area contributed by atoms with Crippen LogP contribution in [-0.2, 0) is 20.5 Å². The Bertz CT molecular complexity index is 1260. The molecular formula is C24H29N5O3S2.